The number of benzene rings is 4. The Morgan fingerprint density at radius 3 is 1.54 bits per heavy atom. The molecule has 72 heavy (non-hydrogen) atoms. The van der Waals surface area contributed by atoms with E-state index in [1.165, 1.54) is 33.9 Å². The highest BCUT2D eigenvalue weighted by Gasteiger charge is 2.20. The van der Waals surface area contributed by atoms with Crippen LogP contribution in [0.1, 0.15) is 13.8 Å². The largest absolute Gasteiger partial charge is 0.373 e. The average molecular weight is 1040 g/mol. The average Bonchev–Trinajstić information content (AvgIpc) is 3.33. The first-order chi connectivity index (χ1) is 34.4. The van der Waals surface area contributed by atoms with Crippen molar-refractivity contribution in [1.29, 1.82) is 0 Å². The minimum Gasteiger partial charge on any atom is -0.373 e. The minimum absolute atomic E-state index is 0.00782. The number of pyridine rings is 4. The van der Waals surface area contributed by atoms with Gasteiger partial charge in [-0.15, -0.1) is 0 Å². The Hall–Kier alpha value is -8.13. The second-order valence-electron chi connectivity index (χ2n) is 15.9. The number of carbonyl (C=O) groups excluding carboxylic acids is 3. The van der Waals surface area contributed by atoms with E-state index in [1.807, 2.05) is 6.92 Å². The van der Waals surface area contributed by atoms with Gasteiger partial charge in [0.2, 0.25) is 0 Å². The molecule has 0 aliphatic heterocycles. The van der Waals surface area contributed by atoms with Crippen molar-refractivity contribution in [1.82, 2.24) is 24.0 Å². The Morgan fingerprint density at radius 1 is 0.583 bits per heavy atom. The highest BCUT2D eigenvalue weighted by molar-refractivity contribution is 6.34. The van der Waals surface area contributed by atoms with Crippen molar-refractivity contribution in [2.75, 3.05) is 53.0 Å². The van der Waals surface area contributed by atoms with Gasteiger partial charge in [0.1, 0.15) is 29.1 Å². The fourth-order valence-electron chi connectivity index (χ4n) is 7.40. The minimum atomic E-state index is -0.841. The fraction of sp³-hybridized carbons (Fsp3) is 0.140. The van der Waals surface area contributed by atoms with Crippen LogP contribution in [0.2, 0.25) is 15.1 Å². The van der Waals surface area contributed by atoms with Gasteiger partial charge in [0.05, 0.1) is 32.5 Å². The molecule has 0 saturated heterocycles. The van der Waals surface area contributed by atoms with Crippen molar-refractivity contribution in [3.8, 4) is 22.3 Å². The molecule has 0 radical (unpaired) electrons. The number of halogens is 6. The van der Waals surface area contributed by atoms with E-state index in [1.54, 1.807) is 93.4 Å². The molecule has 22 heteroatoms. The lowest BCUT2D eigenvalue weighted by molar-refractivity contribution is 0.230. The van der Waals surface area contributed by atoms with Crippen LogP contribution >= 0.6 is 34.8 Å². The van der Waals surface area contributed by atoms with Crippen molar-refractivity contribution in [3.63, 3.8) is 0 Å². The first-order valence-electron chi connectivity index (χ1n) is 21.8. The maximum absolute atomic E-state index is 14.7. The molecule has 8 aromatic rings. The topological polar surface area (TPSA) is 196 Å². The Kier molecular flexibility index (Phi) is 16.0. The Morgan fingerprint density at radius 2 is 1.07 bits per heavy atom. The Balaban J connectivity index is 0.000000212. The molecular formula is C50H43Cl3F3N11O5. The van der Waals surface area contributed by atoms with Gasteiger partial charge in [-0.1, -0.05) is 53.0 Å². The highest BCUT2D eigenvalue weighted by atomic mass is 35.5. The molecular weight excluding hydrogens is 998 g/mol. The van der Waals surface area contributed by atoms with E-state index in [9.17, 15) is 37.1 Å². The molecule has 370 valence electrons. The molecule has 0 atom stereocenters. The van der Waals surface area contributed by atoms with E-state index in [4.69, 9.17) is 34.8 Å². The summed E-state index contributed by atoms with van der Waals surface area (Å²) in [5, 5.41) is 16.8. The quantitative estimate of drug-likeness (QED) is 0.0778. The summed E-state index contributed by atoms with van der Waals surface area (Å²) < 4.78 is 45.9. The molecule has 4 aromatic carbocycles. The number of fused-ring (bicyclic) bond motifs is 2. The number of aryl methyl sites for hydroxylation is 2. The molecule has 4 aromatic heterocycles. The zero-order valence-electron chi connectivity index (χ0n) is 38.9. The Labute approximate surface area is 423 Å². The molecule has 4 heterocycles. The number of amides is 6. The maximum Gasteiger partial charge on any atom is 0.323 e. The first kappa shape index (κ1) is 51.7. The van der Waals surface area contributed by atoms with E-state index < -0.39 is 29.5 Å². The van der Waals surface area contributed by atoms with E-state index in [0.717, 1.165) is 24.3 Å². The molecule has 0 spiro atoms. The van der Waals surface area contributed by atoms with Crippen LogP contribution in [0.4, 0.5) is 61.9 Å². The predicted octanol–water partition coefficient (Wildman–Crippen LogP) is 12.0. The number of para-hydroxylation sites is 1. The third-order valence-corrected chi connectivity index (χ3v) is 11.7. The number of hydrogen-bond donors (Lipinski definition) is 6. The van der Waals surface area contributed by atoms with Crippen molar-refractivity contribution < 1.29 is 27.6 Å². The van der Waals surface area contributed by atoms with Gasteiger partial charge in [-0.25, -0.2) is 37.5 Å². The van der Waals surface area contributed by atoms with Gasteiger partial charge < -0.3 is 40.6 Å². The summed E-state index contributed by atoms with van der Waals surface area (Å²) in [4.78, 5) is 73.6. The van der Waals surface area contributed by atoms with Crippen LogP contribution in [-0.2, 0) is 13.1 Å². The Bertz CT molecular complexity index is 3520. The maximum atomic E-state index is 14.7. The summed E-state index contributed by atoms with van der Waals surface area (Å²) in [6.07, 6.45) is 3.14. The van der Waals surface area contributed by atoms with Gasteiger partial charge in [-0.2, -0.15) is 0 Å². The van der Waals surface area contributed by atoms with Crippen LogP contribution in [-0.4, -0.2) is 63.2 Å². The van der Waals surface area contributed by atoms with E-state index in [2.05, 4.69) is 41.9 Å². The molecule has 0 bridgehead atoms. The highest BCUT2D eigenvalue weighted by Crippen LogP contribution is 2.35. The number of anilines is 6. The first-order valence-corrected chi connectivity index (χ1v) is 22.9. The van der Waals surface area contributed by atoms with Crippen LogP contribution in [0.3, 0.4) is 0 Å². The number of carbonyl (C=O) groups is 3. The van der Waals surface area contributed by atoms with E-state index in [-0.39, 0.29) is 77.4 Å². The number of nitrogens with one attached hydrogen (secondary N) is 6. The summed E-state index contributed by atoms with van der Waals surface area (Å²) in [5.41, 5.74) is 1.64. The standard InChI is InChI=1S/C26H24ClFN6O3.C24H19Cl2F2N5O2/c1-4-34-22-13-23(32-26(37)33(2)3)29-14-15(22)10-18(24(34)35)17-11-21(20(28)12-19(17)27)31-25(36)30-16-8-6-5-7-9-16;1-3-33-21-10-22(29-2)30-11-12(21)4-17(23(33)34)16-8-20(19(28)9-18(16)26)32-24(35)31-15-6-13(25)5-14(27)7-15/h5-14H,4H2,1-3H3,(H,29,32,37)(H2,30,31,36);4-11H,3H2,1-2H3,(H,29,30)(H2,31,32,35). The molecule has 8 rings (SSSR count). The van der Waals surface area contributed by atoms with Gasteiger partial charge in [0, 0.05) is 108 Å². The molecule has 0 aliphatic carbocycles. The molecule has 0 fully saturated rings. The predicted molar refractivity (Wildman–Crippen MR) is 280 cm³/mol. The van der Waals surface area contributed by atoms with Crippen molar-refractivity contribution in [3.05, 3.63) is 163 Å². The SMILES string of the molecule is CCn1c(=O)c(-c2cc(NC(=O)Nc3cc(F)cc(Cl)c3)c(F)cc2Cl)cc2cnc(NC)cc21.CCn1c(=O)c(-c2cc(NC(=O)Nc3ccccc3)c(F)cc2Cl)cc2cnc(NC(=O)N(C)C)cc21. The van der Waals surface area contributed by atoms with E-state index >= 15 is 0 Å². The monoisotopic (exact) mass is 1040 g/mol. The van der Waals surface area contributed by atoms with Crippen molar-refractivity contribution >= 4 is 109 Å². The summed E-state index contributed by atoms with van der Waals surface area (Å²) in [7, 11) is 4.93. The number of hydrogen-bond acceptors (Lipinski definition) is 8. The number of nitrogens with zero attached hydrogens (tertiary/aromatic N) is 5. The summed E-state index contributed by atoms with van der Waals surface area (Å²) >= 11 is 18.5. The van der Waals surface area contributed by atoms with Crippen LogP contribution in [0.15, 0.2) is 119 Å². The number of rotatable bonds is 10. The second kappa shape index (κ2) is 22.3. The van der Waals surface area contributed by atoms with Crippen molar-refractivity contribution in [2.24, 2.45) is 0 Å². The van der Waals surface area contributed by atoms with Crippen LogP contribution in [0, 0.1) is 17.5 Å². The van der Waals surface area contributed by atoms with Crippen LogP contribution < -0.4 is 43.0 Å². The normalized spacial score (nSPS) is 10.8. The van der Waals surface area contributed by atoms with Crippen LogP contribution in [0.5, 0.6) is 0 Å². The third-order valence-electron chi connectivity index (χ3n) is 10.8. The number of urea groups is 3. The summed E-state index contributed by atoms with van der Waals surface area (Å²) in [5.74, 6) is -1.33. The zero-order valence-corrected chi connectivity index (χ0v) is 41.1. The molecule has 0 saturated carbocycles. The lowest BCUT2D eigenvalue weighted by Gasteiger charge is -2.16. The summed E-state index contributed by atoms with van der Waals surface area (Å²) in [6, 6.07) is 21.6. The van der Waals surface area contributed by atoms with Crippen LogP contribution in [0.25, 0.3) is 44.1 Å². The molecule has 0 unspecified atom stereocenters. The molecule has 6 amide bonds. The number of aromatic nitrogens is 4. The van der Waals surface area contributed by atoms with Gasteiger partial charge in [0.15, 0.2) is 0 Å². The third kappa shape index (κ3) is 11.7. The lowest BCUT2D eigenvalue weighted by atomic mass is 10.0. The fourth-order valence-corrected chi connectivity index (χ4v) is 8.13. The molecule has 6 N–H and O–H groups in total. The van der Waals surface area contributed by atoms with Gasteiger partial charge in [-0.05, 0) is 80.6 Å². The zero-order chi connectivity index (χ0) is 52.0. The van der Waals surface area contributed by atoms with Crippen molar-refractivity contribution in [2.45, 2.75) is 26.9 Å². The molecule has 0 aliphatic rings. The summed E-state index contributed by atoms with van der Waals surface area (Å²) in [6.45, 7) is 4.32. The molecule has 16 nitrogen and oxygen atoms in total. The van der Waals surface area contributed by atoms with Gasteiger partial charge >= 0.3 is 18.1 Å². The van der Waals surface area contributed by atoms with Gasteiger partial charge in [-0.3, -0.25) is 14.9 Å². The second-order valence-corrected chi connectivity index (χ2v) is 17.1. The van der Waals surface area contributed by atoms with Gasteiger partial charge in [0.25, 0.3) is 11.1 Å². The van der Waals surface area contributed by atoms with E-state index in [0.29, 0.717) is 46.4 Å². The lowest BCUT2D eigenvalue weighted by Crippen LogP contribution is -2.28. The smallest absolute Gasteiger partial charge is 0.323 e.